The summed E-state index contributed by atoms with van der Waals surface area (Å²) in [7, 11) is 0. The molecule has 0 spiro atoms. The third kappa shape index (κ3) is 2.28. The number of pyridine rings is 1. The molecule has 3 aromatic rings. The molecule has 0 amide bonds. The quantitative estimate of drug-likeness (QED) is 0.744. The average Bonchev–Trinajstić information content (AvgIpc) is 2.91. The van der Waals surface area contributed by atoms with Crippen molar-refractivity contribution < 1.29 is 9.90 Å². The average molecular weight is 269 g/mol. The van der Waals surface area contributed by atoms with Gasteiger partial charge in [-0.05, 0) is 23.8 Å². The number of hydrogen-bond donors (Lipinski definition) is 2. The first-order valence-corrected chi connectivity index (χ1v) is 5.95. The van der Waals surface area contributed by atoms with Crippen LogP contribution in [0.2, 0.25) is 0 Å². The van der Waals surface area contributed by atoms with Gasteiger partial charge in [-0.3, -0.25) is 4.98 Å². The minimum Gasteiger partial charge on any atom is -0.476 e. The summed E-state index contributed by atoms with van der Waals surface area (Å²) in [6.45, 7) is 0.587. The monoisotopic (exact) mass is 269 g/mol. The molecule has 0 aliphatic rings. The van der Waals surface area contributed by atoms with E-state index in [0.717, 1.165) is 5.56 Å². The van der Waals surface area contributed by atoms with Crippen molar-refractivity contribution in [3.63, 3.8) is 0 Å². The molecule has 3 rings (SSSR count). The zero-order valence-electron chi connectivity index (χ0n) is 10.4. The summed E-state index contributed by atoms with van der Waals surface area (Å²) < 4.78 is 1.48. The van der Waals surface area contributed by atoms with Gasteiger partial charge in [-0.15, -0.1) is 0 Å². The SMILES string of the molecule is O=C(O)c1cc2nccc(NCc3ccncc3)n2n1. The van der Waals surface area contributed by atoms with Crippen LogP contribution in [0.5, 0.6) is 0 Å². The molecular weight excluding hydrogens is 258 g/mol. The van der Waals surface area contributed by atoms with Crippen molar-refractivity contribution in [2.45, 2.75) is 6.54 Å². The molecule has 0 radical (unpaired) electrons. The zero-order chi connectivity index (χ0) is 13.9. The molecule has 0 bridgehead atoms. The number of anilines is 1. The number of aromatic carboxylic acids is 1. The lowest BCUT2D eigenvalue weighted by Gasteiger charge is -2.07. The summed E-state index contributed by atoms with van der Waals surface area (Å²) in [5.74, 6) is -0.394. The van der Waals surface area contributed by atoms with Gasteiger partial charge >= 0.3 is 5.97 Å². The highest BCUT2D eigenvalue weighted by molar-refractivity contribution is 5.86. The maximum Gasteiger partial charge on any atom is 0.356 e. The molecule has 0 aromatic carbocycles. The second-order valence-corrected chi connectivity index (χ2v) is 4.14. The van der Waals surface area contributed by atoms with E-state index in [1.165, 1.54) is 10.6 Å². The highest BCUT2D eigenvalue weighted by atomic mass is 16.4. The van der Waals surface area contributed by atoms with E-state index in [9.17, 15) is 4.79 Å². The van der Waals surface area contributed by atoms with Crippen molar-refractivity contribution in [2.24, 2.45) is 0 Å². The Kier molecular flexibility index (Phi) is 3.00. The summed E-state index contributed by atoms with van der Waals surface area (Å²) in [6.07, 6.45) is 5.04. The number of aromatic nitrogens is 4. The van der Waals surface area contributed by atoms with E-state index in [1.54, 1.807) is 24.7 Å². The summed E-state index contributed by atoms with van der Waals surface area (Å²) in [5, 5.41) is 16.2. The van der Waals surface area contributed by atoms with Gasteiger partial charge in [0.05, 0.1) is 0 Å². The van der Waals surface area contributed by atoms with E-state index in [4.69, 9.17) is 5.11 Å². The fourth-order valence-electron chi connectivity index (χ4n) is 1.83. The van der Waals surface area contributed by atoms with Crippen molar-refractivity contribution >= 4 is 17.4 Å². The molecule has 0 aliphatic heterocycles. The molecule has 0 aliphatic carbocycles. The first-order valence-electron chi connectivity index (χ1n) is 5.95. The molecule has 0 saturated heterocycles. The molecule has 0 atom stereocenters. The number of rotatable bonds is 4. The van der Waals surface area contributed by atoms with Crippen LogP contribution in [0, 0.1) is 0 Å². The van der Waals surface area contributed by atoms with Crippen LogP contribution in [-0.4, -0.2) is 30.7 Å². The van der Waals surface area contributed by atoms with Gasteiger partial charge in [0.15, 0.2) is 11.3 Å². The second kappa shape index (κ2) is 4.96. The molecule has 7 nitrogen and oxygen atoms in total. The number of hydrogen-bond acceptors (Lipinski definition) is 5. The van der Waals surface area contributed by atoms with Crippen LogP contribution in [0.25, 0.3) is 5.65 Å². The van der Waals surface area contributed by atoms with E-state index in [1.807, 2.05) is 12.1 Å². The smallest absolute Gasteiger partial charge is 0.356 e. The van der Waals surface area contributed by atoms with Crippen molar-refractivity contribution in [2.75, 3.05) is 5.32 Å². The zero-order valence-corrected chi connectivity index (χ0v) is 10.4. The van der Waals surface area contributed by atoms with Crippen LogP contribution in [0.3, 0.4) is 0 Å². The first-order chi connectivity index (χ1) is 9.74. The van der Waals surface area contributed by atoms with Crippen molar-refractivity contribution in [3.8, 4) is 0 Å². The summed E-state index contributed by atoms with van der Waals surface area (Å²) in [6, 6.07) is 6.97. The molecule has 7 heteroatoms. The Bertz CT molecular complexity index is 754. The van der Waals surface area contributed by atoms with Crippen LogP contribution in [0.15, 0.2) is 42.9 Å². The molecule has 100 valence electrons. The van der Waals surface area contributed by atoms with Crippen molar-refractivity contribution in [1.82, 2.24) is 19.6 Å². The second-order valence-electron chi connectivity index (χ2n) is 4.14. The Hall–Kier alpha value is -2.96. The molecule has 3 aromatic heterocycles. The molecule has 20 heavy (non-hydrogen) atoms. The van der Waals surface area contributed by atoms with Gasteiger partial charge in [0.25, 0.3) is 0 Å². The number of nitrogens with zero attached hydrogens (tertiary/aromatic N) is 4. The molecule has 0 fully saturated rings. The molecule has 2 N–H and O–H groups in total. The minimum absolute atomic E-state index is 0.0318. The highest BCUT2D eigenvalue weighted by Gasteiger charge is 2.11. The van der Waals surface area contributed by atoms with Gasteiger partial charge in [-0.25, -0.2) is 9.78 Å². The number of carbonyl (C=O) groups is 1. The van der Waals surface area contributed by atoms with Crippen molar-refractivity contribution in [1.29, 1.82) is 0 Å². The fraction of sp³-hybridized carbons (Fsp3) is 0.0769. The predicted octanol–water partition coefficient (Wildman–Crippen LogP) is 1.43. The Balaban J connectivity index is 1.89. The highest BCUT2D eigenvalue weighted by Crippen LogP contribution is 2.12. The number of fused-ring (bicyclic) bond motifs is 1. The maximum atomic E-state index is 10.9. The number of carboxylic acids is 1. The standard InChI is InChI=1S/C13H11N5O2/c19-13(20)10-7-12-15-6-3-11(18(12)17-10)16-8-9-1-4-14-5-2-9/h1-7,16H,8H2,(H,19,20). The topological polar surface area (TPSA) is 92.4 Å². The molecule has 0 saturated carbocycles. The third-order valence-electron chi connectivity index (χ3n) is 2.80. The lowest BCUT2D eigenvalue weighted by molar-refractivity contribution is 0.0690. The number of carboxylic acid groups (broad SMARTS) is 1. The lowest BCUT2D eigenvalue weighted by atomic mass is 10.3. The van der Waals surface area contributed by atoms with Crippen LogP contribution in [-0.2, 0) is 6.54 Å². The first kappa shape index (κ1) is 12.1. The lowest BCUT2D eigenvalue weighted by Crippen LogP contribution is -2.06. The van der Waals surface area contributed by atoms with Gasteiger partial charge in [0, 0.05) is 31.2 Å². The van der Waals surface area contributed by atoms with E-state index < -0.39 is 5.97 Å². The normalized spacial score (nSPS) is 10.6. The minimum atomic E-state index is -1.07. The van der Waals surface area contributed by atoms with E-state index in [-0.39, 0.29) is 5.69 Å². The summed E-state index contributed by atoms with van der Waals surface area (Å²) in [5.41, 5.74) is 1.52. The predicted molar refractivity (Wildman–Crippen MR) is 71.5 cm³/mol. The Morgan fingerprint density at radius 2 is 2.05 bits per heavy atom. The van der Waals surface area contributed by atoms with Crippen LogP contribution >= 0.6 is 0 Å². The fourth-order valence-corrected chi connectivity index (χ4v) is 1.83. The molecular formula is C13H11N5O2. The Morgan fingerprint density at radius 3 is 2.80 bits per heavy atom. The van der Waals surface area contributed by atoms with Crippen molar-refractivity contribution in [3.05, 3.63) is 54.1 Å². The van der Waals surface area contributed by atoms with E-state index >= 15 is 0 Å². The van der Waals surface area contributed by atoms with E-state index in [0.29, 0.717) is 18.0 Å². The Morgan fingerprint density at radius 1 is 1.25 bits per heavy atom. The largest absolute Gasteiger partial charge is 0.476 e. The van der Waals surface area contributed by atoms with E-state index in [2.05, 4.69) is 20.4 Å². The van der Waals surface area contributed by atoms with Gasteiger partial charge in [-0.2, -0.15) is 9.61 Å². The number of nitrogens with one attached hydrogen (secondary N) is 1. The van der Waals surface area contributed by atoms with Crippen LogP contribution in [0.1, 0.15) is 16.1 Å². The van der Waals surface area contributed by atoms with Gasteiger partial charge < -0.3 is 10.4 Å². The Labute approximate surface area is 113 Å². The molecule has 0 unspecified atom stereocenters. The summed E-state index contributed by atoms with van der Waals surface area (Å²) >= 11 is 0. The summed E-state index contributed by atoms with van der Waals surface area (Å²) in [4.78, 5) is 19.0. The third-order valence-corrected chi connectivity index (χ3v) is 2.80. The van der Waals surface area contributed by atoms with Crippen LogP contribution in [0.4, 0.5) is 5.82 Å². The maximum absolute atomic E-state index is 10.9. The molecule has 3 heterocycles. The van der Waals surface area contributed by atoms with Gasteiger partial charge in [0.2, 0.25) is 0 Å². The van der Waals surface area contributed by atoms with Gasteiger partial charge in [-0.1, -0.05) is 0 Å². The van der Waals surface area contributed by atoms with Crippen LogP contribution < -0.4 is 5.32 Å². The van der Waals surface area contributed by atoms with Gasteiger partial charge in [0.1, 0.15) is 5.82 Å².